The van der Waals surface area contributed by atoms with E-state index >= 15 is 0 Å². The zero-order chi connectivity index (χ0) is 15.2. The highest BCUT2D eigenvalue weighted by Gasteiger charge is 2.09. The third-order valence-corrected chi connectivity index (χ3v) is 2.49. The van der Waals surface area contributed by atoms with Crippen LogP contribution < -0.4 is 10.1 Å². The SMILES string of the molecule is O=C(COc1ccccc1O)Nc1ccnc(C(=O)O)c1. The first kappa shape index (κ1) is 14.3. The number of aromatic hydroxyl groups is 1. The van der Waals surface area contributed by atoms with E-state index < -0.39 is 11.9 Å². The molecule has 1 amide bonds. The summed E-state index contributed by atoms with van der Waals surface area (Å²) in [7, 11) is 0. The standard InChI is InChI=1S/C14H12N2O5/c17-11-3-1-2-4-12(11)21-8-13(18)16-9-5-6-15-10(7-9)14(19)20/h1-7,17H,8H2,(H,19,20)(H,15,16,18). The van der Waals surface area contributed by atoms with E-state index in [1.807, 2.05) is 0 Å². The number of phenols is 1. The van der Waals surface area contributed by atoms with Gasteiger partial charge < -0.3 is 20.3 Å². The molecule has 1 aromatic carbocycles. The highest BCUT2D eigenvalue weighted by Crippen LogP contribution is 2.24. The maximum absolute atomic E-state index is 11.7. The van der Waals surface area contributed by atoms with Gasteiger partial charge in [0.2, 0.25) is 0 Å². The number of aromatic nitrogens is 1. The second-order valence-electron chi connectivity index (χ2n) is 4.04. The van der Waals surface area contributed by atoms with Gasteiger partial charge in [-0.05, 0) is 24.3 Å². The second kappa shape index (κ2) is 6.38. The van der Waals surface area contributed by atoms with Crippen molar-refractivity contribution < 1.29 is 24.5 Å². The average Bonchev–Trinajstić information content (AvgIpc) is 2.46. The smallest absolute Gasteiger partial charge is 0.354 e. The number of pyridine rings is 1. The number of para-hydroxylation sites is 2. The normalized spacial score (nSPS) is 9.90. The van der Waals surface area contributed by atoms with Crippen LogP contribution >= 0.6 is 0 Å². The topological polar surface area (TPSA) is 109 Å². The molecule has 0 aliphatic heterocycles. The molecule has 1 heterocycles. The zero-order valence-corrected chi connectivity index (χ0v) is 10.8. The minimum atomic E-state index is -1.18. The second-order valence-corrected chi connectivity index (χ2v) is 4.04. The number of amides is 1. The van der Waals surface area contributed by atoms with Crippen molar-refractivity contribution >= 4 is 17.6 Å². The van der Waals surface area contributed by atoms with Crippen molar-refractivity contribution in [2.45, 2.75) is 0 Å². The van der Waals surface area contributed by atoms with Crippen molar-refractivity contribution in [1.82, 2.24) is 4.98 Å². The fourth-order valence-corrected chi connectivity index (χ4v) is 1.54. The van der Waals surface area contributed by atoms with Crippen LogP contribution in [0.1, 0.15) is 10.5 Å². The summed E-state index contributed by atoms with van der Waals surface area (Å²) in [5.41, 5.74) is 0.128. The number of rotatable bonds is 5. The summed E-state index contributed by atoms with van der Waals surface area (Å²) in [5.74, 6) is -1.55. The molecule has 0 unspecified atom stereocenters. The van der Waals surface area contributed by atoms with Gasteiger partial charge in [-0.25, -0.2) is 9.78 Å². The fourth-order valence-electron chi connectivity index (χ4n) is 1.54. The Morgan fingerprint density at radius 1 is 1.24 bits per heavy atom. The van der Waals surface area contributed by atoms with Crippen molar-refractivity contribution in [3.05, 3.63) is 48.3 Å². The van der Waals surface area contributed by atoms with Gasteiger partial charge in [0.25, 0.3) is 5.91 Å². The summed E-state index contributed by atoms with van der Waals surface area (Å²) >= 11 is 0. The molecular weight excluding hydrogens is 276 g/mol. The van der Waals surface area contributed by atoms with E-state index in [2.05, 4.69) is 10.3 Å². The van der Waals surface area contributed by atoms with Crippen LogP contribution in [-0.4, -0.2) is 33.7 Å². The molecule has 0 saturated heterocycles. The number of nitrogens with one attached hydrogen (secondary N) is 1. The van der Waals surface area contributed by atoms with E-state index in [9.17, 15) is 14.7 Å². The third-order valence-electron chi connectivity index (χ3n) is 2.49. The zero-order valence-electron chi connectivity index (χ0n) is 10.8. The van der Waals surface area contributed by atoms with Crippen molar-refractivity contribution in [2.24, 2.45) is 0 Å². The summed E-state index contributed by atoms with van der Waals surface area (Å²) in [6.07, 6.45) is 1.28. The summed E-state index contributed by atoms with van der Waals surface area (Å²) in [6.45, 7) is -0.317. The Kier molecular flexibility index (Phi) is 4.35. The Labute approximate surface area is 119 Å². The first-order valence-electron chi connectivity index (χ1n) is 5.96. The molecule has 108 valence electrons. The van der Waals surface area contributed by atoms with Gasteiger partial charge in [-0.1, -0.05) is 12.1 Å². The highest BCUT2D eigenvalue weighted by atomic mass is 16.5. The number of nitrogens with zero attached hydrogens (tertiary/aromatic N) is 1. The number of carboxylic acids is 1. The van der Waals surface area contributed by atoms with E-state index in [4.69, 9.17) is 9.84 Å². The van der Waals surface area contributed by atoms with Crippen LogP contribution in [0.3, 0.4) is 0 Å². The van der Waals surface area contributed by atoms with Crippen LogP contribution in [0.5, 0.6) is 11.5 Å². The number of anilines is 1. The maximum Gasteiger partial charge on any atom is 0.354 e. The van der Waals surface area contributed by atoms with Gasteiger partial charge in [0.1, 0.15) is 5.69 Å². The molecule has 0 aliphatic rings. The molecule has 1 aromatic heterocycles. The Balaban J connectivity index is 1.95. The van der Waals surface area contributed by atoms with Gasteiger partial charge in [0.15, 0.2) is 18.1 Å². The molecule has 0 spiro atoms. The summed E-state index contributed by atoms with van der Waals surface area (Å²) in [6, 6.07) is 8.96. The molecule has 0 radical (unpaired) electrons. The number of carbonyl (C=O) groups is 2. The lowest BCUT2D eigenvalue weighted by atomic mass is 10.3. The molecular formula is C14H12N2O5. The lowest BCUT2D eigenvalue weighted by molar-refractivity contribution is -0.118. The van der Waals surface area contributed by atoms with Crippen LogP contribution in [0.4, 0.5) is 5.69 Å². The van der Waals surface area contributed by atoms with Crippen LogP contribution in [0, 0.1) is 0 Å². The lowest BCUT2D eigenvalue weighted by Crippen LogP contribution is -2.20. The monoisotopic (exact) mass is 288 g/mol. The number of carbonyl (C=O) groups excluding carboxylic acids is 1. The van der Waals surface area contributed by atoms with Gasteiger partial charge in [-0.3, -0.25) is 4.79 Å². The van der Waals surface area contributed by atoms with Gasteiger partial charge in [0.05, 0.1) is 0 Å². The minimum absolute atomic E-state index is 0.0672. The molecule has 0 aliphatic carbocycles. The first-order chi connectivity index (χ1) is 10.1. The molecule has 7 heteroatoms. The Morgan fingerprint density at radius 3 is 2.71 bits per heavy atom. The van der Waals surface area contributed by atoms with Crippen molar-refractivity contribution in [1.29, 1.82) is 0 Å². The van der Waals surface area contributed by atoms with E-state index in [0.29, 0.717) is 5.69 Å². The minimum Gasteiger partial charge on any atom is -0.504 e. The maximum atomic E-state index is 11.7. The van der Waals surface area contributed by atoms with Crippen molar-refractivity contribution in [3.63, 3.8) is 0 Å². The number of phenolic OH excluding ortho intramolecular Hbond substituents is 1. The molecule has 0 fully saturated rings. The van der Waals surface area contributed by atoms with E-state index in [1.54, 1.807) is 12.1 Å². The molecule has 0 saturated carbocycles. The van der Waals surface area contributed by atoms with Crippen LogP contribution in [0.15, 0.2) is 42.6 Å². The summed E-state index contributed by atoms with van der Waals surface area (Å²) in [5, 5.41) is 20.8. The van der Waals surface area contributed by atoms with E-state index in [-0.39, 0.29) is 23.8 Å². The van der Waals surface area contributed by atoms with Crippen molar-refractivity contribution in [2.75, 3.05) is 11.9 Å². The number of hydrogen-bond acceptors (Lipinski definition) is 5. The molecule has 0 atom stereocenters. The molecule has 2 aromatic rings. The number of carboxylic acid groups (broad SMARTS) is 1. The van der Waals surface area contributed by atoms with Crippen LogP contribution in [-0.2, 0) is 4.79 Å². The predicted molar refractivity (Wildman–Crippen MR) is 73.4 cm³/mol. The number of hydrogen-bond donors (Lipinski definition) is 3. The third kappa shape index (κ3) is 3.93. The Bertz CT molecular complexity index is 672. The molecule has 3 N–H and O–H groups in total. The largest absolute Gasteiger partial charge is 0.504 e. The fraction of sp³-hybridized carbons (Fsp3) is 0.0714. The van der Waals surface area contributed by atoms with Gasteiger partial charge in [0, 0.05) is 11.9 Å². The van der Waals surface area contributed by atoms with E-state index in [0.717, 1.165) is 0 Å². The van der Waals surface area contributed by atoms with Crippen molar-refractivity contribution in [3.8, 4) is 11.5 Å². The average molecular weight is 288 g/mol. The Hall–Kier alpha value is -3.09. The summed E-state index contributed by atoms with van der Waals surface area (Å²) in [4.78, 5) is 26.1. The molecule has 2 rings (SSSR count). The van der Waals surface area contributed by atoms with E-state index in [1.165, 1.54) is 30.5 Å². The Morgan fingerprint density at radius 2 is 2.00 bits per heavy atom. The lowest BCUT2D eigenvalue weighted by Gasteiger charge is -2.08. The van der Waals surface area contributed by atoms with Gasteiger partial charge >= 0.3 is 5.97 Å². The van der Waals surface area contributed by atoms with Crippen LogP contribution in [0.25, 0.3) is 0 Å². The molecule has 21 heavy (non-hydrogen) atoms. The van der Waals surface area contributed by atoms with Crippen LogP contribution in [0.2, 0.25) is 0 Å². The number of benzene rings is 1. The number of aromatic carboxylic acids is 1. The van der Waals surface area contributed by atoms with Gasteiger partial charge in [-0.15, -0.1) is 0 Å². The summed E-state index contributed by atoms with van der Waals surface area (Å²) < 4.78 is 5.15. The highest BCUT2D eigenvalue weighted by molar-refractivity contribution is 5.93. The predicted octanol–water partition coefficient (Wildman–Crippen LogP) is 1.50. The molecule has 0 bridgehead atoms. The quantitative estimate of drug-likeness (QED) is 0.769. The number of ether oxygens (including phenoxy) is 1. The molecule has 7 nitrogen and oxygen atoms in total. The first-order valence-corrected chi connectivity index (χ1v) is 5.96. The van der Waals surface area contributed by atoms with Gasteiger partial charge in [-0.2, -0.15) is 0 Å².